The molecule has 2 heterocycles. The highest BCUT2D eigenvalue weighted by Crippen LogP contribution is 2.26. The highest BCUT2D eigenvalue weighted by molar-refractivity contribution is 5.92. The van der Waals surface area contributed by atoms with Crippen LogP contribution in [0.25, 0.3) is 0 Å². The van der Waals surface area contributed by atoms with E-state index in [1.165, 1.54) is 6.42 Å². The Labute approximate surface area is 162 Å². The lowest BCUT2D eigenvalue weighted by Gasteiger charge is -2.37. The molecule has 0 aliphatic carbocycles. The van der Waals surface area contributed by atoms with Crippen molar-refractivity contribution in [1.82, 2.24) is 9.88 Å². The Morgan fingerprint density at radius 1 is 1.15 bits per heavy atom. The van der Waals surface area contributed by atoms with E-state index in [0.29, 0.717) is 18.2 Å². The van der Waals surface area contributed by atoms with Crippen LogP contribution in [0.3, 0.4) is 0 Å². The molecular weight excluding hydrogens is 336 g/mol. The van der Waals surface area contributed by atoms with Crippen molar-refractivity contribution in [3.05, 3.63) is 58.9 Å². The Morgan fingerprint density at radius 3 is 2.56 bits per heavy atom. The lowest BCUT2D eigenvalue weighted by molar-refractivity contribution is 0.0550. The minimum atomic E-state index is 0.0366. The molecule has 1 aliphatic heterocycles. The first-order chi connectivity index (χ1) is 13.0. The smallest absolute Gasteiger partial charge is 0.272 e. The van der Waals surface area contributed by atoms with E-state index in [-0.39, 0.29) is 11.9 Å². The normalized spacial score (nSPS) is 19.8. The molecule has 0 spiro atoms. The minimum Gasteiger partial charge on any atom is -0.487 e. The fourth-order valence-electron chi connectivity index (χ4n) is 3.80. The van der Waals surface area contributed by atoms with Gasteiger partial charge in [0.15, 0.2) is 0 Å². The number of amides is 1. The highest BCUT2D eigenvalue weighted by atomic mass is 16.5. The zero-order chi connectivity index (χ0) is 19.4. The number of carbonyl (C=O) groups excluding carboxylic acids is 1. The van der Waals surface area contributed by atoms with E-state index in [9.17, 15) is 4.79 Å². The zero-order valence-corrected chi connectivity index (χ0v) is 16.9. The molecule has 2 atom stereocenters. The third kappa shape index (κ3) is 4.49. The maximum Gasteiger partial charge on any atom is 0.272 e. The van der Waals surface area contributed by atoms with Gasteiger partial charge in [0.1, 0.15) is 18.1 Å². The van der Waals surface area contributed by atoms with Crippen LogP contribution in [-0.2, 0) is 6.61 Å². The molecule has 4 heteroatoms. The predicted octanol–water partition coefficient (Wildman–Crippen LogP) is 4.93. The molecule has 1 saturated heterocycles. The van der Waals surface area contributed by atoms with Gasteiger partial charge in [-0.1, -0.05) is 37.6 Å². The van der Waals surface area contributed by atoms with Crippen LogP contribution >= 0.6 is 0 Å². The number of rotatable bonds is 5. The lowest BCUT2D eigenvalue weighted by Crippen LogP contribution is -2.45. The van der Waals surface area contributed by atoms with E-state index in [4.69, 9.17) is 4.74 Å². The summed E-state index contributed by atoms with van der Waals surface area (Å²) in [7, 11) is 0. The molecule has 1 fully saturated rings. The summed E-state index contributed by atoms with van der Waals surface area (Å²) >= 11 is 0. The molecule has 2 aromatic rings. The lowest BCUT2D eigenvalue weighted by atomic mass is 9.91. The maximum atomic E-state index is 13.0. The molecule has 0 N–H and O–H groups in total. The van der Waals surface area contributed by atoms with Gasteiger partial charge in [0, 0.05) is 12.6 Å². The van der Waals surface area contributed by atoms with E-state index < -0.39 is 0 Å². The van der Waals surface area contributed by atoms with E-state index in [1.807, 2.05) is 55.1 Å². The summed E-state index contributed by atoms with van der Waals surface area (Å²) in [5, 5.41) is 0. The molecule has 27 heavy (non-hydrogen) atoms. The van der Waals surface area contributed by atoms with Crippen molar-refractivity contribution < 1.29 is 9.53 Å². The Balaban J connectivity index is 1.72. The van der Waals surface area contributed by atoms with E-state index in [1.54, 1.807) is 0 Å². The van der Waals surface area contributed by atoms with Gasteiger partial charge in [-0.3, -0.25) is 4.79 Å². The average Bonchev–Trinajstić information content (AvgIpc) is 2.68. The first kappa shape index (κ1) is 19.4. The largest absolute Gasteiger partial charge is 0.487 e. The van der Waals surface area contributed by atoms with Gasteiger partial charge in [0.25, 0.3) is 5.91 Å². The van der Waals surface area contributed by atoms with Gasteiger partial charge in [0.05, 0.1) is 5.69 Å². The predicted molar refractivity (Wildman–Crippen MR) is 108 cm³/mol. The summed E-state index contributed by atoms with van der Waals surface area (Å²) in [6.07, 6.45) is 3.39. The number of para-hydroxylation sites is 1. The quantitative estimate of drug-likeness (QED) is 0.754. The molecule has 144 valence electrons. The Kier molecular flexibility index (Phi) is 6.15. The van der Waals surface area contributed by atoms with Gasteiger partial charge in [0.2, 0.25) is 0 Å². The Bertz CT molecular complexity index is 782. The van der Waals surface area contributed by atoms with Crippen LogP contribution in [0.1, 0.15) is 60.4 Å². The second-order valence-corrected chi connectivity index (χ2v) is 7.68. The molecule has 0 bridgehead atoms. The SMILES string of the molecule is CCC1CCC(C)N(C(=O)c2cccc(COc3c(C)cccc3C)n2)C1. The van der Waals surface area contributed by atoms with Crippen molar-refractivity contribution in [3.8, 4) is 5.75 Å². The number of nitrogens with zero attached hydrogens (tertiary/aromatic N) is 2. The molecule has 3 rings (SSSR count). The van der Waals surface area contributed by atoms with Crippen LogP contribution in [0.4, 0.5) is 0 Å². The van der Waals surface area contributed by atoms with Crippen LogP contribution < -0.4 is 4.74 Å². The third-order valence-corrected chi connectivity index (χ3v) is 5.62. The molecule has 1 aromatic carbocycles. The fraction of sp³-hybridized carbons (Fsp3) is 0.478. The third-order valence-electron chi connectivity index (χ3n) is 5.62. The molecule has 1 amide bonds. The van der Waals surface area contributed by atoms with E-state index in [0.717, 1.165) is 42.0 Å². The first-order valence-electron chi connectivity index (χ1n) is 9.95. The first-order valence-corrected chi connectivity index (χ1v) is 9.95. The molecule has 1 aromatic heterocycles. The highest BCUT2D eigenvalue weighted by Gasteiger charge is 2.29. The van der Waals surface area contributed by atoms with E-state index >= 15 is 0 Å². The number of carbonyl (C=O) groups is 1. The van der Waals surface area contributed by atoms with Gasteiger partial charge in [-0.25, -0.2) is 4.98 Å². The average molecular weight is 367 g/mol. The number of aromatic nitrogens is 1. The fourth-order valence-corrected chi connectivity index (χ4v) is 3.80. The number of likely N-dealkylation sites (tertiary alicyclic amines) is 1. The van der Waals surface area contributed by atoms with Crippen molar-refractivity contribution in [1.29, 1.82) is 0 Å². The van der Waals surface area contributed by atoms with Crippen LogP contribution in [0.2, 0.25) is 0 Å². The number of piperidine rings is 1. The monoisotopic (exact) mass is 366 g/mol. The molecule has 1 aliphatic rings. The number of pyridine rings is 1. The van der Waals surface area contributed by atoms with Gasteiger partial charge in [-0.05, 0) is 62.8 Å². The number of benzene rings is 1. The van der Waals surface area contributed by atoms with Crippen LogP contribution in [0, 0.1) is 19.8 Å². The van der Waals surface area contributed by atoms with Crippen molar-refractivity contribution in [2.45, 2.75) is 59.6 Å². The maximum absolute atomic E-state index is 13.0. The standard InChI is InChI=1S/C23H30N2O2/c1-5-19-13-12-18(4)25(14-19)23(26)21-11-7-10-20(24-21)15-27-22-16(2)8-6-9-17(22)3/h6-11,18-19H,5,12-15H2,1-4H3. The number of aryl methyl sites for hydroxylation is 2. The van der Waals surface area contributed by atoms with Crippen LogP contribution in [-0.4, -0.2) is 28.4 Å². The van der Waals surface area contributed by atoms with Crippen molar-refractivity contribution in [2.24, 2.45) is 5.92 Å². The molecular formula is C23H30N2O2. The van der Waals surface area contributed by atoms with Crippen LogP contribution in [0.15, 0.2) is 36.4 Å². The summed E-state index contributed by atoms with van der Waals surface area (Å²) < 4.78 is 6.00. The van der Waals surface area contributed by atoms with Gasteiger partial charge >= 0.3 is 0 Å². The Hall–Kier alpha value is -2.36. The number of hydrogen-bond donors (Lipinski definition) is 0. The summed E-state index contributed by atoms with van der Waals surface area (Å²) in [5.74, 6) is 1.53. The van der Waals surface area contributed by atoms with Gasteiger partial charge < -0.3 is 9.64 Å². The topological polar surface area (TPSA) is 42.4 Å². The molecule has 0 radical (unpaired) electrons. The second kappa shape index (κ2) is 8.55. The van der Waals surface area contributed by atoms with Crippen molar-refractivity contribution in [2.75, 3.05) is 6.54 Å². The summed E-state index contributed by atoms with van der Waals surface area (Å²) in [6.45, 7) is 9.61. The summed E-state index contributed by atoms with van der Waals surface area (Å²) in [6, 6.07) is 12.0. The zero-order valence-electron chi connectivity index (χ0n) is 16.9. The summed E-state index contributed by atoms with van der Waals surface area (Å²) in [4.78, 5) is 19.6. The summed E-state index contributed by atoms with van der Waals surface area (Å²) in [5.41, 5.74) is 3.51. The molecule has 2 unspecified atom stereocenters. The molecule has 4 nitrogen and oxygen atoms in total. The second-order valence-electron chi connectivity index (χ2n) is 7.68. The molecule has 0 saturated carbocycles. The number of ether oxygens (including phenoxy) is 1. The van der Waals surface area contributed by atoms with Gasteiger partial charge in [-0.2, -0.15) is 0 Å². The number of hydrogen-bond acceptors (Lipinski definition) is 3. The van der Waals surface area contributed by atoms with Gasteiger partial charge in [-0.15, -0.1) is 0 Å². The minimum absolute atomic E-state index is 0.0366. The van der Waals surface area contributed by atoms with Crippen molar-refractivity contribution >= 4 is 5.91 Å². The van der Waals surface area contributed by atoms with E-state index in [2.05, 4.69) is 18.8 Å². The Morgan fingerprint density at radius 2 is 1.85 bits per heavy atom. The van der Waals surface area contributed by atoms with Crippen molar-refractivity contribution in [3.63, 3.8) is 0 Å². The van der Waals surface area contributed by atoms with Crippen LogP contribution in [0.5, 0.6) is 5.75 Å².